The number of phenolic OH excluding ortho intramolecular Hbond substituents is 1. The van der Waals surface area contributed by atoms with E-state index in [1.54, 1.807) is 12.1 Å². The number of nitrogens with two attached hydrogens (primary N) is 1. The molecule has 0 atom stereocenters. The number of aryl methyl sites for hydroxylation is 1. The van der Waals surface area contributed by atoms with E-state index in [0.717, 1.165) is 5.56 Å². The largest absolute Gasteiger partial charge is 0.506 e. The van der Waals surface area contributed by atoms with Gasteiger partial charge in [-0.05, 0) is 18.6 Å². The number of nitrogen functional groups attached to an aromatic ring is 1. The van der Waals surface area contributed by atoms with E-state index < -0.39 is 0 Å². The number of hydrogen-bond donors (Lipinski definition) is 3. The topological polar surface area (TPSA) is 58.3 Å². The third-order valence-electron chi connectivity index (χ3n) is 1.40. The van der Waals surface area contributed by atoms with E-state index in [9.17, 15) is 0 Å². The lowest BCUT2D eigenvalue weighted by Crippen LogP contribution is -2.07. The number of para-hydroxylation sites is 1. The molecule has 0 bridgehead atoms. The van der Waals surface area contributed by atoms with E-state index in [1.807, 2.05) is 13.0 Å². The van der Waals surface area contributed by atoms with Crippen molar-refractivity contribution in [3.05, 3.63) is 23.8 Å². The molecule has 3 nitrogen and oxygen atoms in total. The Labute approximate surface area is 59.5 Å². The zero-order valence-corrected chi connectivity index (χ0v) is 5.76. The number of aromatic hydroxyl groups is 1. The first-order chi connectivity index (χ1) is 4.75. The quantitative estimate of drug-likeness (QED) is 0.308. The molecule has 4 N–H and O–H groups in total. The fourth-order valence-electron chi connectivity index (χ4n) is 0.840. The van der Waals surface area contributed by atoms with Gasteiger partial charge in [0.1, 0.15) is 5.75 Å². The van der Waals surface area contributed by atoms with Crippen molar-refractivity contribution in [3.8, 4) is 5.75 Å². The first-order valence-corrected chi connectivity index (χ1v) is 3.01. The molecule has 0 spiro atoms. The minimum absolute atomic E-state index is 0.183. The Hall–Kier alpha value is -1.22. The standard InChI is InChI=1S/C7H10N2O/c1-5-3-2-4-6(10)7(5)9-8/h2-4,9-10H,8H2,1H3. The maximum atomic E-state index is 9.15. The van der Waals surface area contributed by atoms with Crippen molar-refractivity contribution < 1.29 is 5.11 Å². The average molecular weight is 138 g/mol. The Morgan fingerprint density at radius 1 is 1.50 bits per heavy atom. The fraction of sp³-hybridized carbons (Fsp3) is 0.143. The number of hydrogen-bond acceptors (Lipinski definition) is 3. The van der Waals surface area contributed by atoms with Crippen molar-refractivity contribution in [2.24, 2.45) is 5.84 Å². The molecule has 0 heterocycles. The lowest BCUT2D eigenvalue weighted by Gasteiger charge is -2.05. The molecule has 0 aliphatic rings. The summed E-state index contributed by atoms with van der Waals surface area (Å²) in [5.41, 5.74) is 3.93. The second-order valence-corrected chi connectivity index (χ2v) is 2.11. The minimum Gasteiger partial charge on any atom is -0.506 e. The molecular weight excluding hydrogens is 128 g/mol. The summed E-state index contributed by atoms with van der Waals surface area (Å²) in [5.74, 6) is 5.32. The summed E-state index contributed by atoms with van der Waals surface area (Å²) in [4.78, 5) is 0. The van der Waals surface area contributed by atoms with Gasteiger partial charge in [-0.25, -0.2) is 0 Å². The van der Waals surface area contributed by atoms with Crippen LogP contribution in [0.2, 0.25) is 0 Å². The van der Waals surface area contributed by atoms with Crippen LogP contribution < -0.4 is 11.3 Å². The van der Waals surface area contributed by atoms with Crippen LogP contribution in [0, 0.1) is 6.92 Å². The normalized spacial score (nSPS) is 9.40. The van der Waals surface area contributed by atoms with Crippen LogP contribution in [0.1, 0.15) is 5.56 Å². The van der Waals surface area contributed by atoms with Crippen molar-refractivity contribution in [3.63, 3.8) is 0 Å². The molecule has 0 amide bonds. The SMILES string of the molecule is Cc1cccc(O)c1NN. The van der Waals surface area contributed by atoms with Crippen molar-refractivity contribution in [1.29, 1.82) is 0 Å². The smallest absolute Gasteiger partial charge is 0.140 e. The van der Waals surface area contributed by atoms with Crippen LogP contribution >= 0.6 is 0 Å². The molecule has 3 heteroatoms. The third-order valence-corrected chi connectivity index (χ3v) is 1.40. The van der Waals surface area contributed by atoms with Gasteiger partial charge in [-0.15, -0.1) is 0 Å². The van der Waals surface area contributed by atoms with Crippen molar-refractivity contribution >= 4 is 5.69 Å². The molecule has 54 valence electrons. The van der Waals surface area contributed by atoms with Gasteiger partial charge in [0.25, 0.3) is 0 Å². The fourth-order valence-corrected chi connectivity index (χ4v) is 0.840. The Balaban J connectivity index is 3.17. The highest BCUT2D eigenvalue weighted by Crippen LogP contribution is 2.24. The molecule has 1 aromatic rings. The number of nitrogens with one attached hydrogen (secondary N) is 1. The van der Waals surface area contributed by atoms with E-state index >= 15 is 0 Å². The van der Waals surface area contributed by atoms with Gasteiger partial charge in [-0.3, -0.25) is 5.84 Å². The summed E-state index contributed by atoms with van der Waals surface area (Å²) >= 11 is 0. The molecule has 1 rings (SSSR count). The van der Waals surface area contributed by atoms with Crippen LogP contribution in [0.5, 0.6) is 5.75 Å². The van der Waals surface area contributed by atoms with Crippen LogP contribution in [0.25, 0.3) is 0 Å². The van der Waals surface area contributed by atoms with Crippen LogP contribution in [-0.2, 0) is 0 Å². The first kappa shape index (κ1) is 6.89. The molecule has 0 aliphatic heterocycles. The molecule has 0 aliphatic carbocycles. The van der Waals surface area contributed by atoms with E-state index in [1.165, 1.54) is 0 Å². The van der Waals surface area contributed by atoms with E-state index in [4.69, 9.17) is 10.9 Å². The molecule has 10 heavy (non-hydrogen) atoms. The van der Waals surface area contributed by atoms with Gasteiger partial charge in [-0.1, -0.05) is 12.1 Å². The molecule has 0 fully saturated rings. The van der Waals surface area contributed by atoms with Crippen LogP contribution in [0.15, 0.2) is 18.2 Å². The van der Waals surface area contributed by atoms with Crippen LogP contribution in [0.3, 0.4) is 0 Å². The molecule has 0 aromatic heterocycles. The predicted octanol–water partition coefficient (Wildman–Crippen LogP) is 0.986. The lowest BCUT2D eigenvalue weighted by molar-refractivity contribution is 0.477. The van der Waals surface area contributed by atoms with E-state index in [0.29, 0.717) is 5.69 Å². The maximum absolute atomic E-state index is 9.15. The van der Waals surface area contributed by atoms with E-state index in [-0.39, 0.29) is 5.75 Å². The molecule has 0 saturated heterocycles. The van der Waals surface area contributed by atoms with E-state index in [2.05, 4.69) is 5.43 Å². The predicted molar refractivity (Wildman–Crippen MR) is 40.7 cm³/mol. The summed E-state index contributed by atoms with van der Waals surface area (Å²) in [6, 6.07) is 5.22. The van der Waals surface area contributed by atoms with Gasteiger partial charge < -0.3 is 10.5 Å². The molecule has 0 radical (unpaired) electrons. The Bertz CT molecular complexity index is 215. The van der Waals surface area contributed by atoms with Gasteiger partial charge >= 0.3 is 0 Å². The summed E-state index contributed by atoms with van der Waals surface area (Å²) < 4.78 is 0. The zero-order valence-electron chi connectivity index (χ0n) is 5.76. The van der Waals surface area contributed by atoms with Gasteiger partial charge in [-0.2, -0.15) is 0 Å². The summed E-state index contributed by atoms with van der Waals surface area (Å²) in [7, 11) is 0. The number of phenols is 1. The Kier molecular flexibility index (Phi) is 1.78. The third kappa shape index (κ3) is 1.04. The highest BCUT2D eigenvalue weighted by Gasteiger charge is 1.99. The second kappa shape index (κ2) is 2.58. The number of rotatable bonds is 1. The highest BCUT2D eigenvalue weighted by atomic mass is 16.3. The number of hydrazine groups is 1. The Morgan fingerprint density at radius 2 is 2.20 bits per heavy atom. The Morgan fingerprint density at radius 3 is 2.60 bits per heavy atom. The zero-order chi connectivity index (χ0) is 7.56. The summed E-state index contributed by atoms with van der Waals surface area (Å²) in [5, 5.41) is 9.15. The average Bonchev–Trinajstić information content (AvgIpc) is 1.88. The summed E-state index contributed by atoms with van der Waals surface area (Å²) in [6.45, 7) is 1.87. The first-order valence-electron chi connectivity index (χ1n) is 3.01. The second-order valence-electron chi connectivity index (χ2n) is 2.11. The molecule has 0 unspecified atom stereocenters. The lowest BCUT2D eigenvalue weighted by atomic mass is 10.2. The van der Waals surface area contributed by atoms with Crippen molar-refractivity contribution in [1.82, 2.24) is 0 Å². The number of anilines is 1. The molecule has 1 aromatic carbocycles. The van der Waals surface area contributed by atoms with Gasteiger partial charge in [0.15, 0.2) is 0 Å². The summed E-state index contributed by atoms with van der Waals surface area (Å²) in [6.07, 6.45) is 0. The minimum atomic E-state index is 0.183. The molecular formula is C7H10N2O. The van der Waals surface area contributed by atoms with Gasteiger partial charge in [0.05, 0.1) is 5.69 Å². The van der Waals surface area contributed by atoms with Crippen molar-refractivity contribution in [2.75, 3.05) is 5.43 Å². The van der Waals surface area contributed by atoms with Gasteiger partial charge in [0.2, 0.25) is 0 Å². The van der Waals surface area contributed by atoms with Crippen LogP contribution in [0.4, 0.5) is 5.69 Å². The monoisotopic (exact) mass is 138 g/mol. The van der Waals surface area contributed by atoms with Crippen molar-refractivity contribution in [2.45, 2.75) is 6.92 Å². The van der Waals surface area contributed by atoms with Gasteiger partial charge in [0, 0.05) is 0 Å². The maximum Gasteiger partial charge on any atom is 0.140 e. The van der Waals surface area contributed by atoms with Crippen LogP contribution in [-0.4, -0.2) is 5.11 Å². The number of benzene rings is 1. The molecule has 0 saturated carbocycles. The highest BCUT2D eigenvalue weighted by molar-refractivity contribution is 5.59.